The monoisotopic (exact) mass is 263 g/mol. The van der Waals surface area contributed by atoms with Gasteiger partial charge in [-0.15, -0.1) is 11.3 Å². The van der Waals surface area contributed by atoms with Crippen molar-refractivity contribution in [2.45, 2.75) is 70.3 Å². The third-order valence-corrected chi connectivity index (χ3v) is 6.09. The van der Waals surface area contributed by atoms with Crippen LogP contribution in [0.25, 0.3) is 0 Å². The van der Waals surface area contributed by atoms with Gasteiger partial charge in [0.25, 0.3) is 0 Å². The summed E-state index contributed by atoms with van der Waals surface area (Å²) < 4.78 is 0. The van der Waals surface area contributed by atoms with E-state index in [0.29, 0.717) is 6.04 Å². The number of thiophene rings is 1. The first kappa shape index (κ1) is 12.7. The number of fused-ring (bicyclic) bond motifs is 1. The van der Waals surface area contributed by atoms with Gasteiger partial charge in [0, 0.05) is 15.8 Å². The van der Waals surface area contributed by atoms with Crippen LogP contribution in [0.5, 0.6) is 0 Å². The van der Waals surface area contributed by atoms with Gasteiger partial charge in [0.2, 0.25) is 0 Å². The van der Waals surface area contributed by atoms with Crippen LogP contribution in [-0.4, -0.2) is 0 Å². The van der Waals surface area contributed by atoms with E-state index in [0.717, 1.165) is 5.92 Å². The van der Waals surface area contributed by atoms with Crippen LogP contribution in [0.3, 0.4) is 0 Å². The van der Waals surface area contributed by atoms with E-state index in [1.54, 1.807) is 10.4 Å². The van der Waals surface area contributed by atoms with Gasteiger partial charge in [0.05, 0.1) is 0 Å². The summed E-state index contributed by atoms with van der Waals surface area (Å²) in [6.45, 7) is 0. The van der Waals surface area contributed by atoms with Crippen LogP contribution in [0, 0.1) is 5.92 Å². The third kappa shape index (κ3) is 2.65. The molecule has 0 amide bonds. The summed E-state index contributed by atoms with van der Waals surface area (Å²) in [5.74, 6) is 0.751. The molecule has 0 aliphatic heterocycles. The van der Waals surface area contributed by atoms with Crippen molar-refractivity contribution < 1.29 is 0 Å². The summed E-state index contributed by atoms with van der Waals surface area (Å²) in [6, 6.07) is 2.77. The maximum Gasteiger partial charge on any atom is 0.0418 e. The Morgan fingerprint density at radius 2 is 1.72 bits per heavy atom. The van der Waals surface area contributed by atoms with Crippen LogP contribution in [-0.2, 0) is 12.8 Å². The highest BCUT2D eigenvalue weighted by atomic mass is 32.1. The molecule has 1 nitrogen and oxygen atoms in total. The molecule has 0 bridgehead atoms. The van der Waals surface area contributed by atoms with Gasteiger partial charge >= 0.3 is 0 Å². The van der Waals surface area contributed by atoms with Gasteiger partial charge in [-0.1, -0.05) is 25.7 Å². The minimum absolute atomic E-state index is 0.322. The fourth-order valence-electron chi connectivity index (χ4n) is 3.58. The number of hydrogen-bond acceptors (Lipinski definition) is 2. The molecule has 1 heterocycles. The van der Waals surface area contributed by atoms with Crippen LogP contribution in [0.2, 0.25) is 0 Å². The first-order valence-corrected chi connectivity index (χ1v) is 8.53. The Morgan fingerprint density at radius 3 is 2.56 bits per heavy atom. The molecule has 0 aromatic carbocycles. The zero-order valence-electron chi connectivity index (χ0n) is 11.3. The quantitative estimate of drug-likeness (QED) is 0.776. The average Bonchev–Trinajstić information content (AvgIpc) is 2.70. The Balaban J connectivity index is 1.75. The normalized spacial score (nSPS) is 23.4. The van der Waals surface area contributed by atoms with E-state index in [2.05, 4.69) is 6.07 Å². The van der Waals surface area contributed by atoms with Crippen LogP contribution in [0.4, 0.5) is 0 Å². The molecule has 0 radical (unpaired) electrons. The van der Waals surface area contributed by atoms with E-state index in [1.165, 1.54) is 69.1 Å². The van der Waals surface area contributed by atoms with Crippen LogP contribution < -0.4 is 5.73 Å². The second-order valence-corrected chi connectivity index (χ2v) is 7.25. The van der Waals surface area contributed by atoms with Crippen LogP contribution in [0.1, 0.15) is 72.7 Å². The van der Waals surface area contributed by atoms with Gasteiger partial charge in [-0.3, -0.25) is 0 Å². The predicted molar refractivity (Wildman–Crippen MR) is 79.1 cm³/mol. The Labute approximate surface area is 115 Å². The summed E-state index contributed by atoms with van der Waals surface area (Å²) in [6.07, 6.45) is 13.7. The van der Waals surface area contributed by atoms with Gasteiger partial charge in [0.15, 0.2) is 0 Å². The molecule has 1 unspecified atom stereocenters. The topological polar surface area (TPSA) is 26.0 Å². The lowest BCUT2D eigenvalue weighted by atomic mass is 9.83. The molecule has 1 aromatic heterocycles. The molecule has 2 heteroatoms. The second-order valence-electron chi connectivity index (χ2n) is 6.08. The molecule has 1 atom stereocenters. The summed E-state index contributed by atoms with van der Waals surface area (Å²) in [5.41, 5.74) is 8.16. The first-order valence-electron chi connectivity index (χ1n) is 7.71. The number of rotatable bonds is 2. The highest BCUT2D eigenvalue weighted by molar-refractivity contribution is 7.12. The predicted octanol–water partition coefficient (Wildman–Crippen LogP) is 4.60. The molecule has 1 aromatic rings. The fourth-order valence-corrected chi connectivity index (χ4v) is 4.93. The van der Waals surface area contributed by atoms with Crippen molar-refractivity contribution in [2.75, 3.05) is 0 Å². The highest BCUT2D eigenvalue weighted by Gasteiger charge is 2.24. The van der Waals surface area contributed by atoms with Gasteiger partial charge in [0.1, 0.15) is 0 Å². The maximum absolute atomic E-state index is 6.53. The van der Waals surface area contributed by atoms with Crippen LogP contribution in [0.15, 0.2) is 6.07 Å². The zero-order valence-corrected chi connectivity index (χ0v) is 12.1. The average molecular weight is 263 g/mol. The summed E-state index contributed by atoms with van der Waals surface area (Å²) in [5, 5.41) is 0. The smallest absolute Gasteiger partial charge is 0.0418 e. The number of hydrogen-bond donors (Lipinski definition) is 1. The minimum atomic E-state index is 0.322. The van der Waals surface area contributed by atoms with Gasteiger partial charge < -0.3 is 5.73 Å². The lowest BCUT2D eigenvalue weighted by Crippen LogP contribution is -2.22. The largest absolute Gasteiger partial charge is 0.323 e. The molecular formula is C16H25NS. The van der Waals surface area contributed by atoms with E-state index < -0.39 is 0 Å². The van der Waals surface area contributed by atoms with Crippen molar-refractivity contribution >= 4 is 11.3 Å². The summed E-state index contributed by atoms with van der Waals surface area (Å²) >= 11 is 2.03. The molecular weight excluding hydrogens is 238 g/mol. The molecule has 1 fully saturated rings. The molecule has 2 aliphatic rings. The van der Waals surface area contributed by atoms with Gasteiger partial charge in [-0.25, -0.2) is 0 Å². The van der Waals surface area contributed by atoms with Crippen molar-refractivity contribution in [3.63, 3.8) is 0 Å². The lowest BCUT2D eigenvalue weighted by Gasteiger charge is -2.26. The van der Waals surface area contributed by atoms with Gasteiger partial charge in [-0.2, -0.15) is 0 Å². The lowest BCUT2D eigenvalue weighted by molar-refractivity contribution is 0.310. The summed E-state index contributed by atoms with van der Waals surface area (Å²) in [4.78, 5) is 3.13. The van der Waals surface area contributed by atoms with E-state index in [9.17, 15) is 0 Å². The third-order valence-electron chi connectivity index (χ3n) is 4.75. The molecule has 18 heavy (non-hydrogen) atoms. The Bertz CT molecular complexity index is 366. The molecule has 100 valence electrons. The maximum atomic E-state index is 6.53. The standard InChI is InChI=1S/C16H25NS/c17-16(12-7-3-1-4-8-12)15-11-13-9-5-2-6-10-14(13)18-15/h11-12,16H,1-10,17H2. The Morgan fingerprint density at radius 1 is 1.00 bits per heavy atom. The van der Waals surface area contributed by atoms with Crippen molar-refractivity contribution in [3.05, 3.63) is 21.4 Å². The SMILES string of the molecule is NC(c1cc2c(s1)CCCCC2)C1CCCCC1. The molecule has 0 spiro atoms. The molecule has 0 saturated heterocycles. The minimum Gasteiger partial charge on any atom is -0.323 e. The van der Waals surface area contributed by atoms with E-state index in [4.69, 9.17) is 5.73 Å². The molecule has 2 N–H and O–H groups in total. The first-order chi connectivity index (χ1) is 8.84. The number of nitrogens with two attached hydrogens (primary N) is 1. The van der Waals surface area contributed by atoms with Crippen molar-refractivity contribution in [3.8, 4) is 0 Å². The van der Waals surface area contributed by atoms with Crippen molar-refractivity contribution in [1.82, 2.24) is 0 Å². The molecule has 2 aliphatic carbocycles. The Kier molecular flexibility index (Phi) is 4.05. The van der Waals surface area contributed by atoms with Crippen molar-refractivity contribution in [1.29, 1.82) is 0 Å². The Hall–Kier alpha value is -0.340. The van der Waals surface area contributed by atoms with E-state index in [1.807, 2.05) is 11.3 Å². The summed E-state index contributed by atoms with van der Waals surface area (Å²) in [7, 11) is 0. The van der Waals surface area contributed by atoms with Crippen molar-refractivity contribution in [2.24, 2.45) is 11.7 Å². The highest BCUT2D eigenvalue weighted by Crippen LogP contribution is 2.38. The molecule has 1 saturated carbocycles. The second kappa shape index (κ2) is 5.75. The van der Waals surface area contributed by atoms with Crippen LogP contribution >= 0.6 is 11.3 Å². The fraction of sp³-hybridized carbons (Fsp3) is 0.750. The van der Waals surface area contributed by atoms with Gasteiger partial charge in [-0.05, 0) is 56.1 Å². The molecule has 3 rings (SSSR count). The number of aryl methyl sites for hydroxylation is 2. The van der Waals surface area contributed by atoms with E-state index >= 15 is 0 Å². The van der Waals surface area contributed by atoms with E-state index in [-0.39, 0.29) is 0 Å². The zero-order chi connectivity index (χ0) is 12.4.